The molecule has 30 heavy (non-hydrogen) atoms. The molecule has 1 fully saturated rings. The summed E-state index contributed by atoms with van der Waals surface area (Å²) in [5.74, 6) is 1.64. The maximum absolute atomic E-state index is 12.5. The number of nitrogens with zero attached hydrogens (tertiary/aromatic N) is 1. The van der Waals surface area contributed by atoms with E-state index in [0.717, 1.165) is 30.8 Å². The van der Waals surface area contributed by atoms with Crippen molar-refractivity contribution >= 4 is 27.7 Å². The zero-order chi connectivity index (χ0) is 21.4. The van der Waals surface area contributed by atoms with Gasteiger partial charge in [0.25, 0.3) is 5.91 Å². The number of hydrogen-bond donors (Lipinski definition) is 1. The van der Waals surface area contributed by atoms with E-state index in [0.29, 0.717) is 30.8 Å². The molecule has 162 valence electrons. The van der Waals surface area contributed by atoms with E-state index in [-0.39, 0.29) is 11.7 Å². The number of sulfonamides is 1. The Labute approximate surface area is 184 Å². The van der Waals surface area contributed by atoms with E-state index in [9.17, 15) is 13.2 Å². The molecule has 1 amide bonds. The van der Waals surface area contributed by atoms with E-state index in [1.54, 1.807) is 40.3 Å². The molecule has 0 saturated carbocycles. The summed E-state index contributed by atoms with van der Waals surface area (Å²) in [6, 6.07) is 15.2. The van der Waals surface area contributed by atoms with Crippen LogP contribution >= 0.6 is 11.8 Å². The molecule has 1 aliphatic rings. The lowest BCUT2D eigenvalue weighted by Crippen LogP contribution is -2.36. The van der Waals surface area contributed by atoms with Crippen LogP contribution < -0.4 is 5.32 Å². The summed E-state index contributed by atoms with van der Waals surface area (Å²) >= 11 is 1.79. The van der Waals surface area contributed by atoms with Gasteiger partial charge in [-0.05, 0) is 48.6 Å². The number of aryl methyl sites for hydroxylation is 1. The minimum absolute atomic E-state index is 0.00948. The van der Waals surface area contributed by atoms with Gasteiger partial charge < -0.3 is 5.32 Å². The van der Waals surface area contributed by atoms with Crippen LogP contribution in [0.15, 0.2) is 48.5 Å². The Morgan fingerprint density at radius 3 is 2.43 bits per heavy atom. The molecule has 1 saturated heterocycles. The summed E-state index contributed by atoms with van der Waals surface area (Å²) in [5.41, 5.74) is 3.88. The molecule has 1 heterocycles. The molecular weight excluding hydrogens is 416 g/mol. The highest BCUT2D eigenvalue weighted by molar-refractivity contribution is 7.98. The molecule has 1 aliphatic heterocycles. The number of piperidine rings is 1. The van der Waals surface area contributed by atoms with Gasteiger partial charge in [-0.15, -0.1) is 0 Å². The van der Waals surface area contributed by atoms with Crippen LogP contribution in [-0.4, -0.2) is 44.0 Å². The maximum atomic E-state index is 12.5. The summed E-state index contributed by atoms with van der Waals surface area (Å²) in [6.45, 7) is 3.94. The molecule has 7 heteroatoms. The second kappa shape index (κ2) is 11.0. The molecule has 0 aromatic heterocycles. The number of benzene rings is 2. The molecule has 2 aromatic carbocycles. The normalized spacial score (nSPS) is 15.1. The van der Waals surface area contributed by atoms with Crippen molar-refractivity contribution in [1.82, 2.24) is 9.62 Å². The third-order valence-corrected chi connectivity index (χ3v) is 8.18. The van der Waals surface area contributed by atoms with Crippen LogP contribution in [0, 0.1) is 6.92 Å². The van der Waals surface area contributed by atoms with Crippen molar-refractivity contribution in [3.05, 3.63) is 70.8 Å². The second-order valence-corrected chi connectivity index (χ2v) is 10.7. The van der Waals surface area contributed by atoms with E-state index >= 15 is 0 Å². The highest BCUT2D eigenvalue weighted by Crippen LogP contribution is 2.18. The van der Waals surface area contributed by atoms with Crippen molar-refractivity contribution in [3.8, 4) is 0 Å². The first-order chi connectivity index (χ1) is 14.5. The van der Waals surface area contributed by atoms with Crippen molar-refractivity contribution in [3.63, 3.8) is 0 Å². The molecule has 3 rings (SSSR count). The lowest BCUT2D eigenvalue weighted by atomic mass is 10.1. The van der Waals surface area contributed by atoms with Crippen molar-refractivity contribution in [2.75, 3.05) is 25.4 Å². The quantitative estimate of drug-likeness (QED) is 0.592. The minimum Gasteiger partial charge on any atom is -0.351 e. The summed E-state index contributed by atoms with van der Waals surface area (Å²) in [7, 11) is -3.29. The molecule has 2 aromatic rings. The largest absolute Gasteiger partial charge is 0.351 e. The average Bonchev–Trinajstić information content (AvgIpc) is 2.75. The monoisotopic (exact) mass is 446 g/mol. The van der Waals surface area contributed by atoms with Gasteiger partial charge in [0.1, 0.15) is 0 Å². The smallest absolute Gasteiger partial charge is 0.251 e. The van der Waals surface area contributed by atoms with Gasteiger partial charge in [0.05, 0.1) is 5.75 Å². The van der Waals surface area contributed by atoms with Crippen LogP contribution in [0.3, 0.4) is 0 Å². The van der Waals surface area contributed by atoms with Gasteiger partial charge in [0, 0.05) is 36.7 Å². The summed E-state index contributed by atoms with van der Waals surface area (Å²) in [5, 5.41) is 2.93. The van der Waals surface area contributed by atoms with Crippen molar-refractivity contribution in [1.29, 1.82) is 0 Å². The Morgan fingerprint density at radius 2 is 1.73 bits per heavy atom. The third kappa shape index (κ3) is 6.59. The van der Waals surface area contributed by atoms with Crippen molar-refractivity contribution in [2.24, 2.45) is 0 Å². The summed E-state index contributed by atoms with van der Waals surface area (Å²) in [6.07, 6.45) is 2.96. The van der Waals surface area contributed by atoms with E-state index in [4.69, 9.17) is 0 Å². The van der Waals surface area contributed by atoms with Gasteiger partial charge in [0.15, 0.2) is 0 Å². The molecule has 0 spiro atoms. The molecule has 5 nitrogen and oxygen atoms in total. The van der Waals surface area contributed by atoms with Crippen molar-refractivity contribution in [2.45, 2.75) is 37.7 Å². The van der Waals surface area contributed by atoms with E-state index in [1.807, 2.05) is 12.1 Å². The molecule has 0 unspecified atom stereocenters. The predicted octanol–water partition coefficient (Wildman–Crippen LogP) is 3.97. The Balaban J connectivity index is 1.42. The Kier molecular flexibility index (Phi) is 8.36. The second-order valence-electron chi connectivity index (χ2n) is 7.65. The Bertz CT molecular complexity index is 937. The van der Waals surface area contributed by atoms with Gasteiger partial charge in [-0.25, -0.2) is 12.7 Å². The number of hydrogen-bond acceptors (Lipinski definition) is 4. The molecule has 0 radical (unpaired) electrons. The van der Waals surface area contributed by atoms with Crippen LogP contribution in [0.25, 0.3) is 0 Å². The third-order valence-electron chi connectivity index (χ3n) is 5.32. The predicted molar refractivity (Wildman–Crippen MR) is 124 cm³/mol. The lowest BCUT2D eigenvalue weighted by molar-refractivity contribution is 0.0956. The van der Waals surface area contributed by atoms with Crippen LogP contribution in [-0.2, 0) is 21.5 Å². The van der Waals surface area contributed by atoms with Crippen LogP contribution in [0.1, 0.15) is 46.3 Å². The number of rotatable bonds is 9. The van der Waals surface area contributed by atoms with Gasteiger partial charge in [-0.3, -0.25) is 4.79 Å². The summed E-state index contributed by atoms with van der Waals surface area (Å²) in [4.78, 5) is 12.3. The highest BCUT2D eigenvalue weighted by Gasteiger charge is 2.24. The number of nitrogens with one attached hydrogen (secondary N) is 1. The fourth-order valence-corrected chi connectivity index (χ4v) is 6.04. The van der Waals surface area contributed by atoms with Gasteiger partial charge in [0.2, 0.25) is 10.0 Å². The Morgan fingerprint density at radius 1 is 1.03 bits per heavy atom. The number of carbonyl (C=O) groups excluding carboxylic acids is 1. The maximum Gasteiger partial charge on any atom is 0.251 e. The molecule has 0 atom stereocenters. The standard InChI is InChI=1S/C23H30N2O3S2/c1-19-7-3-4-8-22(19)17-29-16-13-24-23(26)21-11-9-20(10-12-21)18-30(27,28)25-14-5-2-6-15-25/h3-4,7-12H,2,5-6,13-18H2,1H3,(H,24,26). The first kappa shape index (κ1) is 22.8. The molecule has 1 N–H and O–H groups in total. The number of carbonyl (C=O) groups is 1. The zero-order valence-corrected chi connectivity index (χ0v) is 19.1. The first-order valence-corrected chi connectivity index (χ1v) is 13.2. The van der Waals surface area contributed by atoms with E-state index in [1.165, 1.54) is 11.1 Å². The highest BCUT2D eigenvalue weighted by atomic mass is 32.2. The zero-order valence-electron chi connectivity index (χ0n) is 17.5. The first-order valence-electron chi connectivity index (χ1n) is 10.4. The van der Waals surface area contributed by atoms with Crippen LogP contribution in [0.5, 0.6) is 0 Å². The topological polar surface area (TPSA) is 66.5 Å². The molecular formula is C23H30N2O3S2. The average molecular weight is 447 g/mol. The minimum atomic E-state index is -3.29. The fourth-order valence-electron chi connectivity index (χ4n) is 3.49. The molecule has 0 aliphatic carbocycles. The van der Waals surface area contributed by atoms with Crippen LogP contribution in [0.2, 0.25) is 0 Å². The SMILES string of the molecule is Cc1ccccc1CSCCNC(=O)c1ccc(CS(=O)(=O)N2CCCCC2)cc1. The Hall–Kier alpha value is -1.83. The van der Waals surface area contributed by atoms with Crippen LogP contribution in [0.4, 0.5) is 0 Å². The van der Waals surface area contributed by atoms with Gasteiger partial charge >= 0.3 is 0 Å². The van der Waals surface area contributed by atoms with E-state index in [2.05, 4.69) is 24.4 Å². The number of thioether (sulfide) groups is 1. The lowest BCUT2D eigenvalue weighted by Gasteiger charge is -2.25. The van der Waals surface area contributed by atoms with Gasteiger partial charge in [-0.1, -0.05) is 42.8 Å². The number of amides is 1. The van der Waals surface area contributed by atoms with Gasteiger partial charge in [-0.2, -0.15) is 11.8 Å². The van der Waals surface area contributed by atoms with E-state index < -0.39 is 10.0 Å². The van der Waals surface area contributed by atoms with Crippen molar-refractivity contribution < 1.29 is 13.2 Å². The fraction of sp³-hybridized carbons (Fsp3) is 0.435. The molecule has 0 bridgehead atoms. The summed E-state index contributed by atoms with van der Waals surface area (Å²) < 4.78 is 26.7.